The van der Waals surface area contributed by atoms with Gasteiger partial charge in [0, 0.05) is 12.1 Å². The Morgan fingerprint density at radius 1 is 1.11 bits per heavy atom. The van der Waals surface area contributed by atoms with Crippen LogP contribution in [0.3, 0.4) is 0 Å². The van der Waals surface area contributed by atoms with Crippen LogP contribution < -0.4 is 10.6 Å². The minimum Gasteiger partial charge on any atom is -0.481 e. The number of hydrogen-bond acceptors (Lipinski definition) is 2. The molecule has 3 N–H and O–H groups in total. The van der Waals surface area contributed by atoms with E-state index in [-0.39, 0.29) is 23.5 Å². The van der Waals surface area contributed by atoms with Gasteiger partial charge in [0.2, 0.25) is 0 Å². The highest BCUT2D eigenvalue weighted by molar-refractivity contribution is 5.77. The molecule has 0 aromatic carbocycles. The first-order valence-corrected chi connectivity index (χ1v) is 7.20. The van der Waals surface area contributed by atoms with E-state index in [9.17, 15) is 9.59 Å². The maximum absolute atomic E-state index is 12.0. The van der Waals surface area contributed by atoms with E-state index in [1.54, 1.807) is 0 Å². The summed E-state index contributed by atoms with van der Waals surface area (Å²) in [6.07, 6.45) is 5.57. The lowest BCUT2D eigenvalue weighted by Gasteiger charge is -2.29. The summed E-state index contributed by atoms with van der Waals surface area (Å²) in [4.78, 5) is 23.1. The predicted octanol–water partition coefficient (Wildman–Crippen LogP) is 2.12. The van der Waals surface area contributed by atoms with Crippen molar-refractivity contribution < 1.29 is 14.7 Å². The van der Waals surface area contributed by atoms with Crippen molar-refractivity contribution in [1.29, 1.82) is 0 Å². The van der Waals surface area contributed by atoms with Gasteiger partial charge in [-0.3, -0.25) is 4.79 Å². The van der Waals surface area contributed by atoms with Crippen molar-refractivity contribution in [3.63, 3.8) is 0 Å². The molecule has 2 fully saturated rings. The minimum absolute atomic E-state index is 0.138. The van der Waals surface area contributed by atoms with Gasteiger partial charge in [0.15, 0.2) is 0 Å². The quantitative estimate of drug-likeness (QED) is 0.733. The number of rotatable bonds is 3. The van der Waals surface area contributed by atoms with Crippen molar-refractivity contribution in [3.8, 4) is 0 Å². The smallest absolute Gasteiger partial charge is 0.315 e. The standard InChI is InChI=1S/C14H24N2O3/c1-14(2)8-4-7-11(14)16-13(19)15-10-6-3-5-9(10)12(17)18/h9-11H,3-8H2,1-2H3,(H,17,18)(H2,15,16,19). The highest BCUT2D eigenvalue weighted by Crippen LogP contribution is 2.37. The molecule has 2 aliphatic carbocycles. The lowest BCUT2D eigenvalue weighted by atomic mass is 9.87. The predicted molar refractivity (Wildman–Crippen MR) is 71.9 cm³/mol. The third-order valence-corrected chi connectivity index (χ3v) is 4.71. The molecule has 0 aromatic heterocycles. The van der Waals surface area contributed by atoms with E-state index in [4.69, 9.17) is 5.11 Å². The molecule has 0 bridgehead atoms. The fraction of sp³-hybridized carbons (Fsp3) is 0.857. The first-order chi connectivity index (χ1) is 8.90. The molecule has 108 valence electrons. The molecule has 3 atom stereocenters. The lowest BCUT2D eigenvalue weighted by molar-refractivity contribution is -0.142. The van der Waals surface area contributed by atoms with Crippen molar-refractivity contribution in [2.24, 2.45) is 11.3 Å². The molecular weight excluding hydrogens is 244 g/mol. The maximum Gasteiger partial charge on any atom is 0.315 e. The SMILES string of the molecule is CC1(C)CCCC1NC(=O)NC1CCCC1C(=O)O. The number of nitrogens with one attached hydrogen (secondary N) is 2. The van der Waals surface area contributed by atoms with E-state index in [1.165, 1.54) is 0 Å². The number of hydrogen-bond donors (Lipinski definition) is 3. The van der Waals surface area contributed by atoms with Gasteiger partial charge in [-0.05, 0) is 31.1 Å². The third kappa shape index (κ3) is 3.19. The zero-order chi connectivity index (χ0) is 14.0. The Hall–Kier alpha value is -1.26. The van der Waals surface area contributed by atoms with E-state index in [0.717, 1.165) is 32.1 Å². The summed E-state index contributed by atoms with van der Waals surface area (Å²) in [5, 5.41) is 14.9. The number of aliphatic carboxylic acids is 1. The van der Waals surface area contributed by atoms with Gasteiger partial charge >= 0.3 is 12.0 Å². The van der Waals surface area contributed by atoms with Crippen LogP contribution >= 0.6 is 0 Å². The molecule has 5 heteroatoms. The molecule has 2 aliphatic rings. The normalized spacial score (nSPS) is 33.1. The molecule has 2 rings (SSSR count). The van der Waals surface area contributed by atoms with Crippen LogP contribution in [0, 0.1) is 11.3 Å². The lowest BCUT2D eigenvalue weighted by Crippen LogP contribution is -2.50. The molecule has 19 heavy (non-hydrogen) atoms. The number of urea groups is 1. The van der Waals surface area contributed by atoms with Gasteiger partial charge in [-0.15, -0.1) is 0 Å². The molecule has 0 radical (unpaired) electrons. The van der Waals surface area contributed by atoms with Gasteiger partial charge < -0.3 is 15.7 Å². The molecule has 0 aromatic rings. The number of carbonyl (C=O) groups excluding carboxylic acids is 1. The van der Waals surface area contributed by atoms with Crippen LogP contribution in [0.15, 0.2) is 0 Å². The molecule has 2 saturated carbocycles. The summed E-state index contributed by atoms with van der Waals surface area (Å²) in [5.41, 5.74) is 0.138. The largest absolute Gasteiger partial charge is 0.481 e. The highest BCUT2D eigenvalue weighted by Gasteiger charge is 2.37. The molecule has 0 heterocycles. The first kappa shape index (κ1) is 14.2. The molecule has 5 nitrogen and oxygen atoms in total. The van der Waals surface area contributed by atoms with Crippen LogP contribution in [-0.2, 0) is 4.79 Å². The molecule has 3 unspecified atom stereocenters. The Morgan fingerprint density at radius 2 is 1.84 bits per heavy atom. The van der Waals surface area contributed by atoms with Gasteiger partial charge in [0.1, 0.15) is 0 Å². The van der Waals surface area contributed by atoms with Crippen LogP contribution in [0.2, 0.25) is 0 Å². The first-order valence-electron chi connectivity index (χ1n) is 7.20. The molecule has 0 spiro atoms. The number of amides is 2. The van der Waals surface area contributed by atoms with Gasteiger partial charge in [-0.2, -0.15) is 0 Å². The average molecular weight is 268 g/mol. The summed E-state index contributed by atoms with van der Waals surface area (Å²) >= 11 is 0. The van der Waals surface area contributed by atoms with Crippen molar-refractivity contribution in [2.45, 2.75) is 64.5 Å². The van der Waals surface area contributed by atoms with Crippen molar-refractivity contribution >= 4 is 12.0 Å². The van der Waals surface area contributed by atoms with Crippen LogP contribution in [-0.4, -0.2) is 29.2 Å². The van der Waals surface area contributed by atoms with E-state index in [2.05, 4.69) is 24.5 Å². The van der Waals surface area contributed by atoms with Crippen molar-refractivity contribution in [3.05, 3.63) is 0 Å². The minimum atomic E-state index is -0.802. The fourth-order valence-electron chi connectivity index (χ4n) is 3.39. The summed E-state index contributed by atoms with van der Waals surface area (Å²) in [6, 6.07) is -0.239. The zero-order valence-electron chi connectivity index (χ0n) is 11.7. The van der Waals surface area contributed by atoms with Crippen LogP contribution in [0.5, 0.6) is 0 Å². The third-order valence-electron chi connectivity index (χ3n) is 4.71. The van der Waals surface area contributed by atoms with E-state index >= 15 is 0 Å². The second-order valence-corrected chi connectivity index (χ2v) is 6.53. The zero-order valence-corrected chi connectivity index (χ0v) is 11.7. The van der Waals surface area contributed by atoms with Crippen LogP contribution in [0.25, 0.3) is 0 Å². The van der Waals surface area contributed by atoms with E-state index < -0.39 is 11.9 Å². The molecule has 2 amide bonds. The maximum atomic E-state index is 12.0. The van der Waals surface area contributed by atoms with Gasteiger partial charge in [-0.25, -0.2) is 4.79 Å². The summed E-state index contributed by atoms with van der Waals surface area (Å²) in [6.45, 7) is 4.33. The van der Waals surface area contributed by atoms with Crippen molar-refractivity contribution in [2.75, 3.05) is 0 Å². The topological polar surface area (TPSA) is 78.4 Å². The highest BCUT2D eigenvalue weighted by atomic mass is 16.4. The van der Waals surface area contributed by atoms with E-state index in [0.29, 0.717) is 6.42 Å². The number of carbonyl (C=O) groups is 2. The Bertz CT molecular complexity index is 368. The van der Waals surface area contributed by atoms with E-state index in [1.807, 2.05) is 0 Å². The number of carboxylic acids is 1. The summed E-state index contributed by atoms with van der Waals surface area (Å²) < 4.78 is 0. The fourth-order valence-corrected chi connectivity index (χ4v) is 3.39. The van der Waals surface area contributed by atoms with Gasteiger partial charge in [0.05, 0.1) is 5.92 Å². The van der Waals surface area contributed by atoms with Gasteiger partial charge in [-0.1, -0.05) is 26.7 Å². The van der Waals surface area contributed by atoms with Crippen LogP contribution in [0.4, 0.5) is 4.79 Å². The summed E-state index contributed by atoms with van der Waals surface area (Å²) in [7, 11) is 0. The average Bonchev–Trinajstić information content (AvgIpc) is 2.86. The Balaban J connectivity index is 1.86. The van der Waals surface area contributed by atoms with Gasteiger partial charge in [0.25, 0.3) is 0 Å². The Kier molecular flexibility index (Phi) is 4.02. The monoisotopic (exact) mass is 268 g/mol. The number of carboxylic acid groups (broad SMARTS) is 1. The Morgan fingerprint density at radius 3 is 2.42 bits per heavy atom. The molecule has 0 saturated heterocycles. The molecule has 0 aliphatic heterocycles. The second-order valence-electron chi connectivity index (χ2n) is 6.53. The van der Waals surface area contributed by atoms with Crippen LogP contribution in [0.1, 0.15) is 52.4 Å². The Labute approximate surface area is 114 Å². The summed E-state index contributed by atoms with van der Waals surface area (Å²) in [5.74, 6) is -1.23. The molecular formula is C14H24N2O3. The second kappa shape index (κ2) is 5.39. The van der Waals surface area contributed by atoms with Crippen molar-refractivity contribution in [1.82, 2.24) is 10.6 Å².